The third-order valence-electron chi connectivity index (χ3n) is 3.86. The summed E-state index contributed by atoms with van der Waals surface area (Å²) < 4.78 is 0. The van der Waals surface area contributed by atoms with Gasteiger partial charge in [0.2, 0.25) is 0 Å². The molecule has 0 unspecified atom stereocenters. The number of carboxylic acid groups (broad SMARTS) is 3. The highest BCUT2D eigenvalue weighted by Crippen LogP contribution is 2.18. The fraction of sp³-hybridized carbons (Fsp3) is 0.769. The summed E-state index contributed by atoms with van der Waals surface area (Å²) in [6.07, 6.45) is 0. The maximum atomic E-state index is 11.5. The molecule has 1 aliphatic rings. The second-order valence-corrected chi connectivity index (χ2v) is 5.42. The molecule has 1 aliphatic heterocycles. The second-order valence-electron chi connectivity index (χ2n) is 5.42. The van der Waals surface area contributed by atoms with E-state index in [0.29, 0.717) is 26.2 Å². The van der Waals surface area contributed by atoms with E-state index in [9.17, 15) is 29.7 Å². The van der Waals surface area contributed by atoms with Gasteiger partial charge in [-0.05, 0) is 7.05 Å². The molecule has 1 rings (SSSR count). The van der Waals surface area contributed by atoms with Crippen LogP contribution in [0.3, 0.4) is 0 Å². The highest BCUT2D eigenvalue weighted by molar-refractivity contribution is 6.21. The number of hydrogen-bond acceptors (Lipinski definition) is 7. The standard InChI is InChI=1S/C13H24N4O6/c1-16-6-4-14-2-3-15-5-7-17(9-8-16)13(10(18)19,11(20)21)12(22)23/h14-15H,2-9H2,1H3,(H,18,19)(H,20,21)(H,22,23). The third kappa shape index (κ3) is 4.61. The Morgan fingerprint density at radius 1 is 0.783 bits per heavy atom. The first-order valence-electron chi connectivity index (χ1n) is 7.38. The summed E-state index contributed by atoms with van der Waals surface area (Å²) in [7, 11) is 1.81. The van der Waals surface area contributed by atoms with Crippen LogP contribution >= 0.6 is 0 Å². The van der Waals surface area contributed by atoms with Gasteiger partial charge in [-0.2, -0.15) is 0 Å². The van der Waals surface area contributed by atoms with Crippen molar-refractivity contribution in [2.45, 2.75) is 5.54 Å². The van der Waals surface area contributed by atoms with Gasteiger partial charge in [0, 0.05) is 52.4 Å². The molecule has 1 heterocycles. The van der Waals surface area contributed by atoms with Crippen LogP contribution in [0.25, 0.3) is 0 Å². The molecule has 0 saturated carbocycles. The highest BCUT2D eigenvalue weighted by Gasteiger charge is 2.59. The molecule has 0 atom stereocenters. The zero-order valence-electron chi connectivity index (χ0n) is 13.1. The van der Waals surface area contributed by atoms with Gasteiger partial charge in [0.05, 0.1) is 0 Å². The number of carbonyl (C=O) groups is 3. The van der Waals surface area contributed by atoms with Crippen LogP contribution < -0.4 is 10.6 Å². The first-order chi connectivity index (χ1) is 10.8. The number of nitrogens with zero attached hydrogens (tertiary/aromatic N) is 2. The quantitative estimate of drug-likeness (QED) is 0.348. The molecule has 0 aromatic carbocycles. The van der Waals surface area contributed by atoms with Gasteiger partial charge in [-0.15, -0.1) is 0 Å². The maximum Gasteiger partial charge on any atom is 0.347 e. The van der Waals surface area contributed by atoms with Crippen molar-refractivity contribution in [1.29, 1.82) is 0 Å². The Hall–Kier alpha value is -1.75. The fourth-order valence-corrected chi connectivity index (χ4v) is 2.44. The van der Waals surface area contributed by atoms with E-state index >= 15 is 0 Å². The van der Waals surface area contributed by atoms with Crippen LogP contribution in [0.4, 0.5) is 0 Å². The van der Waals surface area contributed by atoms with Crippen molar-refractivity contribution in [2.75, 3.05) is 59.4 Å². The minimum absolute atomic E-state index is 0.00125. The van der Waals surface area contributed by atoms with E-state index in [-0.39, 0.29) is 13.1 Å². The number of hydrogen-bond donors (Lipinski definition) is 5. The van der Waals surface area contributed by atoms with E-state index in [1.807, 2.05) is 11.9 Å². The fourth-order valence-electron chi connectivity index (χ4n) is 2.44. The molecular formula is C13H24N4O6. The molecule has 23 heavy (non-hydrogen) atoms. The number of rotatable bonds is 4. The molecule has 0 aliphatic carbocycles. The Labute approximate surface area is 134 Å². The molecule has 5 N–H and O–H groups in total. The molecule has 0 radical (unpaired) electrons. The third-order valence-corrected chi connectivity index (χ3v) is 3.86. The summed E-state index contributed by atoms with van der Waals surface area (Å²) in [5.41, 5.74) is -2.98. The lowest BCUT2D eigenvalue weighted by Gasteiger charge is -2.35. The Balaban J connectivity index is 3.04. The number of nitrogens with one attached hydrogen (secondary N) is 2. The molecule has 10 nitrogen and oxygen atoms in total. The zero-order chi connectivity index (χ0) is 17.5. The van der Waals surface area contributed by atoms with Crippen LogP contribution in [0.2, 0.25) is 0 Å². The van der Waals surface area contributed by atoms with Crippen LogP contribution in [-0.4, -0.2) is 108 Å². The molecule has 0 amide bonds. The number of likely N-dealkylation sites (N-methyl/N-ethyl adjacent to an activating group) is 1. The van der Waals surface area contributed by atoms with E-state index in [0.717, 1.165) is 18.0 Å². The van der Waals surface area contributed by atoms with Crippen LogP contribution in [-0.2, 0) is 14.4 Å². The summed E-state index contributed by atoms with van der Waals surface area (Å²) in [4.78, 5) is 37.4. The van der Waals surface area contributed by atoms with Crippen LogP contribution in [0.5, 0.6) is 0 Å². The van der Waals surface area contributed by atoms with E-state index in [2.05, 4.69) is 10.6 Å². The van der Waals surface area contributed by atoms with Gasteiger partial charge in [0.25, 0.3) is 0 Å². The van der Waals surface area contributed by atoms with Crippen molar-refractivity contribution in [3.8, 4) is 0 Å². The molecule has 1 saturated heterocycles. The molecule has 132 valence electrons. The lowest BCUT2D eigenvalue weighted by atomic mass is 9.97. The summed E-state index contributed by atoms with van der Waals surface area (Å²) in [5, 5.41) is 34.2. The lowest BCUT2D eigenvalue weighted by molar-refractivity contribution is -0.179. The molecule has 10 heteroatoms. The van der Waals surface area contributed by atoms with Crippen molar-refractivity contribution in [3.63, 3.8) is 0 Å². The minimum Gasteiger partial charge on any atom is -0.479 e. The van der Waals surface area contributed by atoms with Gasteiger partial charge in [-0.1, -0.05) is 0 Å². The number of aliphatic carboxylic acids is 3. The SMILES string of the molecule is CN1CCNCCNCCN(C(C(=O)O)(C(=O)O)C(=O)O)CC1. The predicted molar refractivity (Wildman–Crippen MR) is 80.4 cm³/mol. The normalized spacial score (nSPS) is 20.2. The first kappa shape index (κ1) is 19.3. The summed E-state index contributed by atoms with van der Waals surface area (Å²) in [5.74, 6) is -5.68. The molecule has 0 aromatic heterocycles. The Kier molecular flexibility index (Phi) is 7.36. The van der Waals surface area contributed by atoms with Crippen molar-refractivity contribution < 1.29 is 29.7 Å². The average molecular weight is 332 g/mol. The van der Waals surface area contributed by atoms with Gasteiger partial charge >= 0.3 is 23.4 Å². The van der Waals surface area contributed by atoms with E-state index in [1.165, 1.54) is 0 Å². The molecule has 0 aromatic rings. The largest absolute Gasteiger partial charge is 0.479 e. The molecule has 0 spiro atoms. The van der Waals surface area contributed by atoms with Crippen LogP contribution in [0.15, 0.2) is 0 Å². The smallest absolute Gasteiger partial charge is 0.347 e. The number of carboxylic acids is 3. The van der Waals surface area contributed by atoms with E-state index < -0.39 is 23.4 Å². The van der Waals surface area contributed by atoms with Crippen molar-refractivity contribution in [2.24, 2.45) is 0 Å². The van der Waals surface area contributed by atoms with Gasteiger partial charge in [0.15, 0.2) is 0 Å². The van der Waals surface area contributed by atoms with E-state index in [4.69, 9.17) is 0 Å². The van der Waals surface area contributed by atoms with Crippen molar-refractivity contribution in [3.05, 3.63) is 0 Å². The summed E-state index contributed by atoms with van der Waals surface area (Å²) >= 11 is 0. The molecule has 0 bridgehead atoms. The second kappa shape index (κ2) is 8.77. The molecule has 1 fully saturated rings. The summed E-state index contributed by atoms with van der Waals surface area (Å²) in [6.45, 7) is 3.43. The molecular weight excluding hydrogens is 308 g/mol. The maximum absolute atomic E-state index is 11.5. The zero-order valence-corrected chi connectivity index (χ0v) is 13.1. The Morgan fingerprint density at radius 2 is 1.26 bits per heavy atom. The van der Waals surface area contributed by atoms with Gasteiger partial charge in [-0.3, -0.25) is 4.90 Å². The van der Waals surface area contributed by atoms with Gasteiger partial charge in [-0.25, -0.2) is 14.4 Å². The Bertz CT molecular complexity index is 408. The lowest BCUT2D eigenvalue weighted by Crippen LogP contribution is -2.67. The van der Waals surface area contributed by atoms with Crippen molar-refractivity contribution >= 4 is 17.9 Å². The average Bonchev–Trinajstić information content (AvgIpc) is 2.44. The van der Waals surface area contributed by atoms with E-state index in [1.54, 1.807) is 0 Å². The van der Waals surface area contributed by atoms with Gasteiger partial charge < -0.3 is 30.9 Å². The topological polar surface area (TPSA) is 142 Å². The van der Waals surface area contributed by atoms with Gasteiger partial charge in [0.1, 0.15) is 0 Å². The summed E-state index contributed by atoms with van der Waals surface area (Å²) in [6, 6.07) is 0. The van der Waals surface area contributed by atoms with Crippen LogP contribution in [0.1, 0.15) is 0 Å². The Morgan fingerprint density at radius 3 is 1.74 bits per heavy atom. The van der Waals surface area contributed by atoms with Crippen LogP contribution in [0, 0.1) is 0 Å². The predicted octanol–water partition coefficient (Wildman–Crippen LogP) is -2.59. The van der Waals surface area contributed by atoms with Crippen molar-refractivity contribution in [1.82, 2.24) is 20.4 Å². The highest BCUT2D eigenvalue weighted by atomic mass is 16.4. The first-order valence-corrected chi connectivity index (χ1v) is 7.38. The monoisotopic (exact) mass is 332 g/mol. The minimum atomic E-state index is -2.98.